The molecule has 1 spiro atoms. The van der Waals surface area contributed by atoms with E-state index in [-0.39, 0.29) is 10.5 Å². The molecule has 1 aliphatic heterocycles. The molecule has 1 nitrogen and oxygen atoms in total. The Labute approximate surface area is 131 Å². The number of fused-ring (bicyclic) bond motifs is 1. The zero-order valence-corrected chi connectivity index (χ0v) is 14.2. The summed E-state index contributed by atoms with van der Waals surface area (Å²) >= 11 is 0. The van der Waals surface area contributed by atoms with E-state index in [1.807, 2.05) is 0 Å². The zero-order chi connectivity index (χ0) is 14.7. The number of hydrogen-bond donors (Lipinski definition) is 0. The van der Waals surface area contributed by atoms with Gasteiger partial charge in [0.2, 0.25) is 0 Å². The third kappa shape index (κ3) is 1.91. The van der Waals surface area contributed by atoms with Gasteiger partial charge in [0.05, 0.1) is 11.5 Å². The molecule has 0 N–H and O–H groups in total. The molecule has 0 amide bonds. The van der Waals surface area contributed by atoms with E-state index in [0.29, 0.717) is 22.4 Å². The van der Waals surface area contributed by atoms with Crippen LogP contribution in [0.3, 0.4) is 0 Å². The fourth-order valence-electron chi connectivity index (χ4n) is 5.09. The van der Waals surface area contributed by atoms with Crippen LogP contribution in [0.4, 0.5) is 0 Å². The van der Waals surface area contributed by atoms with Gasteiger partial charge in [0, 0.05) is 5.41 Å². The first-order chi connectivity index (χ1) is 10.0. The molecule has 2 bridgehead atoms. The molecule has 4 rings (SSSR count). The number of ether oxygens (including phenoxy) is 1. The van der Waals surface area contributed by atoms with Crippen LogP contribution in [0.1, 0.15) is 45.6 Å². The lowest BCUT2D eigenvalue weighted by Crippen LogP contribution is -2.47. The van der Waals surface area contributed by atoms with Crippen molar-refractivity contribution < 1.29 is 4.74 Å². The van der Waals surface area contributed by atoms with Crippen LogP contribution in [0.2, 0.25) is 0 Å². The third-order valence-electron chi connectivity index (χ3n) is 6.65. The average molecular weight is 302 g/mol. The summed E-state index contributed by atoms with van der Waals surface area (Å²) in [6, 6.07) is 10.8. The summed E-state index contributed by atoms with van der Waals surface area (Å²) in [6.45, 7) is 7.30. The van der Waals surface area contributed by atoms with Gasteiger partial charge in [-0.15, -0.1) is 0 Å². The van der Waals surface area contributed by atoms with Crippen LogP contribution in [-0.4, -0.2) is 22.7 Å². The van der Waals surface area contributed by atoms with E-state index in [1.54, 1.807) is 0 Å². The third-order valence-corrected chi connectivity index (χ3v) is 9.04. The number of benzene rings is 1. The minimum absolute atomic E-state index is 0.243. The summed E-state index contributed by atoms with van der Waals surface area (Å²) in [6.07, 6.45) is 4.63. The molecule has 3 aliphatic rings. The van der Waals surface area contributed by atoms with Gasteiger partial charge < -0.3 is 4.74 Å². The van der Waals surface area contributed by atoms with Crippen LogP contribution in [0, 0.1) is 16.7 Å². The summed E-state index contributed by atoms with van der Waals surface area (Å²) in [5.41, 5.74) is 2.65. The Morgan fingerprint density at radius 3 is 2.71 bits per heavy atom. The van der Waals surface area contributed by atoms with Crippen molar-refractivity contribution in [3.05, 3.63) is 35.9 Å². The van der Waals surface area contributed by atoms with Gasteiger partial charge in [-0.05, 0) is 54.2 Å². The van der Waals surface area contributed by atoms with Gasteiger partial charge in [-0.1, -0.05) is 44.2 Å². The molecular formula is C19H26OS. The Balaban J connectivity index is 1.71. The lowest BCUT2D eigenvalue weighted by atomic mass is 9.69. The van der Waals surface area contributed by atoms with Gasteiger partial charge in [-0.2, -0.15) is 10.5 Å². The first-order valence-electron chi connectivity index (χ1n) is 8.27. The van der Waals surface area contributed by atoms with Crippen LogP contribution in [0.25, 0.3) is 0 Å². The number of rotatable bonds is 1. The lowest BCUT2D eigenvalue weighted by molar-refractivity contribution is -0.0610. The molecule has 0 radical (unpaired) electrons. The molecule has 2 saturated carbocycles. The average Bonchev–Trinajstić information content (AvgIpc) is 2.82. The minimum atomic E-state index is 0.243. The second-order valence-corrected chi connectivity index (χ2v) is 9.81. The molecule has 2 aliphatic carbocycles. The van der Waals surface area contributed by atoms with E-state index in [2.05, 4.69) is 56.5 Å². The quantitative estimate of drug-likeness (QED) is 0.685. The summed E-state index contributed by atoms with van der Waals surface area (Å²) in [5.74, 6) is 2.23. The van der Waals surface area contributed by atoms with Crippen molar-refractivity contribution in [2.45, 2.75) is 51.6 Å². The Kier molecular flexibility index (Phi) is 3.14. The lowest BCUT2D eigenvalue weighted by Gasteiger charge is -2.48. The Morgan fingerprint density at radius 1 is 1.24 bits per heavy atom. The van der Waals surface area contributed by atoms with Gasteiger partial charge in [0.1, 0.15) is 0 Å². The van der Waals surface area contributed by atoms with Gasteiger partial charge in [0.25, 0.3) is 0 Å². The smallest absolute Gasteiger partial charge is 0.0957 e. The van der Waals surface area contributed by atoms with Crippen molar-refractivity contribution in [1.82, 2.24) is 0 Å². The Bertz CT molecular complexity index is 576. The van der Waals surface area contributed by atoms with Gasteiger partial charge in [-0.3, -0.25) is 0 Å². The monoisotopic (exact) mass is 302 g/mol. The van der Waals surface area contributed by atoms with Crippen molar-refractivity contribution in [3.8, 4) is 0 Å². The van der Waals surface area contributed by atoms with Crippen LogP contribution >= 0.6 is 10.5 Å². The molecule has 1 saturated heterocycles. The molecule has 5 atom stereocenters. The maximum Gasteiger partial charge on any atom is 0.0957 e. The van der Waals surface area contributed by atoms with Gasteiger partial charge in [-0.25, -0.2) is 0 Å². The highest BCUT2D eigenvalue weighted by molar-refractivity contribution is 8.15. The molecule has 1 aromatic rings. The standard InChI is InChI=1S/C19H26OS/c1-14-20-17-11-16-9-10-19(17,18(16,2)3)13-21(14)12-15-7-5-4-6-8-15/h4-8,12,14,16-17H,9-11,13H2,1-3H3/t14-,16-,17-,19-,21?/m1/s1. The van der Waals surface area contributed by atoms with Crippen LogP contribution < -0.4 is 0 Å². The van der Waals surface area contributed by atoms with Crippen LogP contribution in [-0.2, 0) is 4.74 Å². The zero-order valence-electron chi connectivity index (χ0n) is 13.3. The summed E-state index contributed by atoms with van der Waals surface area (Å²) in [7, 11) is 0.243. The fraction of sp³-hybridized carbons (Fsp3) is 0.632. The van der Waals surface area contributed by atoms with E-state index in [4.69, 9.17) is 4.74 Å². The molecule has 1 heterocycles. The van der Waals surface area contributed by atoms with Gasteiger partial charge >= 0.3 is 0 Å². The second-order valence-electron chi connectivity index (χ2n) is 7.68. The molecule has 2 heteroatoms. The van der Waals surface area contributed by atoms with Crippen LogP contribution in [0.15, 0.2) is 30.3 Å². The maximum absolute atomic E-state index is 6.54. The molecule has 3 fully saturated rings. The highest BCUT2D eigenvalue weighted by Gasteiger charge is 2.66. The Morgan fingerprint density at radius 2 is 2.00 bits per heavy atom. The van der Waals surface area contributed by atoms with Crippen molar-refractivity contribution >= 4 is 15.9 Å². The first-order valence-corrected chi connectivity index (χ1v) is 9.79. The normalized spacial score (nSPS) is 44.0. The summed E-state index contributed by atoms with van der Waals surface area (Å²) in [4.78, 5) is 0. The second kappa shape index (κ2) is 4.70. The maximum atomic E-state index is 6.54. The fourth-order valence-corrected chi connectivity index (χ4v) is 7.68. The van der Waals surface area contributed by atoms with Gasteiger partial charge in [0.15, 0.2) is 0 Å². The highest BCUT2D eigenvalue weighted by atomic mass is 32.2. The van der Waals surface area contributed by atoms with E-state index >= 15 is 0 Å². The van der Waals surface area contributed by atoms with Crippen LogP contribution in [0.5, 0.6) is 0 Å². The van der Waals surface area contributed by atoms with Crippen molar-refractivity contribution in [2.75, 3.05) is 5.75 Å². The number of hydrogen-bond acceptors (Lipinski definition) is 1. The highest BCUT2D eigenvalue weighted by Crippen LogP contribution is 2.69. The predicted octanol–water partition coefficient (Wildman–Crippen LogP) is 4.68. The molecule has 21 heavy (non-hydrogen) atoms. The largest absolute Gasteiger partial charge is 0.364 e. The molecule has 1 aromatic carbocycles. The van der Waals surface area contributed by atoms with E-state index in [1.165, 1.54) is 30.6 Å². The molecule has 0 aromatic heterocycles. The molecule has 114 valence electrons. The first kappa shape index (κ1) is 14.0. The molecular weight excluding hydrogens is 276 g/mol. The topological polar surface area (TPSA) is 9.23 Å². The van der Waals surface area contributed by atoms with E-state index < -0.39 is 0 Å². The predicted molar refractivity (Wildman–Crippen MR) is 92.0 cm³/mol. The van der Waals surface area contributed by atoms with E-state index in [9.17, 15) is 0 Å². The van der Waals surface area contributed by atoms with Crippen molar-refractivity contribution in [2.24, 2.45) is 16.7 Å². The van der Waals surface area contributed by atoms with E-state index in [0.717, 1.165) is 5.92 Å². The summed E-state index contributed by atoms with van der Waals surface area (Å²) in [5, 5.41) is 2.48. The summed E-state index contributed by atoms with van der Waals surface area (Å²) < 4.78 is 6.54. The Hall–Kier alpha value is -0.600. The SMILES string of the molecule is C[C@@H]1O[C@@H]2C[C@H]3CC[C@]2(CS1=Cc1ccccc1)C3(C)C. The molecule has 1 unspecified atom stereocenters. The van der Waals surface area contributed by atoms with Crippen molar-refractivity contribution in [1.29, 1.82) is 0 Å². The minimum Gasteiger partial charge on any atom is -0.364 e. The van der Waals surface area contributed by atoms with Crippen molar-refractivity contribution in [3.63, 3.8) is 0 Å².